The van der Waals surface area contributed by atoms with E-state index in [2.05, 4.69) is 45.9 Å². The molecule has 3 heterocycles. The number of benzene rings is 3. The third-order valence-corrected chi connectivity index (χ3v) is 7.73. The number of methoxy groups -OCH3 is 1. The largest absolute Gasteiger partial charge is 0.496 e. The Morgan fingerprint density at radius 3 is 2.78 bits per heavy atom. The summed E-state index contributed by atoms with van der Waals surface area (Å²) in [6.07, 6.45) is 5.77. The van der Waals surface area contributed by atoms with Gasteiger partial charge >= 0.3 is 5.97 Å². The Bertz CT molecular complexity index is 1570. The topological polar surface area (TPSA) is 83.4 Å². The molecule has 0 spiro atoms. The van der Waals surface area contributed by atoms with Gasteiger partial charge in [0, 0.05) is 53.4 Å². The predicted octanol–water partition coefficient (Wildman–Crippen LogP) is 6.11. The molecule has 0 radical (unpaired) electrons. The molecule has 1 aliphatic heterocycles. The van der Waals surface area contributed by atoms with E-state index in [0.29, 0.717) is 12.1 Å². The second-order valence-corrected chi connectivity index (χ2v) is 9.87. The fourth-order valence-electron chi connectivity index (χ4n) is 5.89. The number of piperidine rings is 1. The van der Waals surface area contributed by atoms with Crippen LogP contribution in [0.2, 0.25) is 0 Å². The number of hydrogen-bond acceptors (Lipinski definition) is 4. The molecule has 7 nitrogen and oxygen atoms in total. The average Bonchev–Trinajstić information content (AvgIpc) is 3.58. The van der Waals surface area contributed by atoms with Crippen molar-refractivity contribution in [3.63, 3.8) is 0 Å². The van der Waals surface area contributed by atoms with Crippen LogP contribution in [0.15, 0.2) is 73.1 Å². The first-order valence-electron chi connectivity index (χ1n) is 12.7. The molecule has 2 aromatic heterocycles. The van der Waals surface area contributed by atoms with Gasteiger partial charge in [0.2, 0.25) is 0 Å². The minimum Gasteiger partial charge on any atom is -0.496 e. The number of carbonyl (C=O) groups is 1. The van der Waals surface area contributed by atoms with Crippen molar-refractivity contribution in [2.75, 3.05) is 13.7 Å². The second kappa shape index (κ2) is 9.41. The number of nitrogens with one attached hydrogen (secondary N) is 1. The zero-order valence-electron chi connectivity index (χ0n) is 21.0. The lowest BCUT2D eigenvalue weighted by molar-refractivity contribution is 0.0682. The first-order chi connectivity index (χ1) is 18.0. The minimum absolute atomic E-state index is 0.0848. The van der Waals surface area contributed by atoms with Crippen LogP contribution in [0.5, 0.6) is 5.75 Å². The van der Waals surface area contributed by atoms with Crippen LogP contribution >= 0.6 is 0 Å². The Morgan fingerprint density at radius 2 is 1.97 bits per heavy atom. The maximum absolute atomic E-state index is 12.2. The molecule has 0 aliphatic carbocycles. The molecule has 2 atom stereocenters. The zero-order chi connectivity index (χ0) is 25.5. The molecule has 1 fully saturated rings. The zero-order valence-corrected chi connectivity index (χ0v) is 21.0. The van der Waals surface area contributed by atoms with Gasteiger partial charge in [0.15, 0.2) is 0 Å². The highest BCUT2D eigenvalue weighted by Crippen LogP contribution is 2.41. The minimum atomic E-state index is -0.900. The van der Waals surface area contributed by atoms with Gasteiger partial charge < -0.3 is 14.8 Å². The van der Waals surface area contributed by atoms with Crippen LogP contribution < -0.4 is 4.74 Å². The Morgan fingerprint density at radius 1 is 1.16 bits per heavy atom. The van der Waals surface area contributed by atoms with E-state index in [1.807, 2.05) is 36.5 Å². The third-order valence-electron chi connectivity index (χ3n) is 7.73. The number of carboxylic acid groups (broad SMARTS) is 1. The van der Waals surface area contributed by atoms with Gasteiger partial charge in [-0.05, 0) is 55.2 Å². The van der Waals surface area contributed by atoms with E-state index in [-0.39, 0.29) is 12.1 Å². The Kier molecular flexibility index (Phi) is 5.93. The Labute approximate surface area is 215 Å². The molecule has 3 aromatic carbocycles. The van der Waals surface area contributed by atoms with Crippen LogP contribution in [0, 0.1) is 6.92 Å². The molecule has 0 saturated carbocycles. The summed E-state index contributed by atoms with van der Waals surface area (Å²) in [6.45, 7) is 3.54. The standard InChI is InChI=1S/C30H30N4O3/c1-19-15-28(37-2)25(23-11-13-31-29(19)23)18-33-14-12-21(34-17-20-7-3-6-10-26(20)32-34)16-27(33)22-8-4-5-9-24(22)30(35)36/h3-11,13,15,17,21,27,31H,12,14,16,18H2,1-2H3,(H,35,36)/t21-,27-/m0/s1. The van der Waals surface area contributed by atoms with E-state index in [9.17, 15) is 9.90 Å². The van der Waals surface area contributed by atoms with Crippen molar-refractivity contribution in [2.45, 2.75) is 38.4 Å². The number of aryl methyl sites for hydroxylation is 1. The molecule has 2 N–H and O–H groups in total. The number of ether oxygens (including phenoxy) is 1. The van der Waals surface area contributed by atoms with Gasteiger partial charge in [-0.1, -0.05) is 36.4 Å². The van der Waals surface area contributed by atoms with Crippen LogP contribution in [-0.2, 0) is 6.54 Å². The molecule has 37 heavy (non-hydrogen) atoms. The quantitative estimate of drug-likeness (QED) is 0.298. The van der Waals surface area contributed by atoms with Gasteiger partial charge in [0.1, 0.15) is 5.75 Å². The van der Waals surface area contributed by atoms with Crippen molar-refractivity contribution in [1.29, 1.82) is 0 Å². The molecule has 7 heteroatoms. The van der Waals surface area contributed by atoms with Crippen molar-refractivity contribution >= 4 is 27.8 Å². The molecule has 188 valence electrons. The van der Waals surface area contributed by atoms with Gasteiger partial charge in [-0.25, -0.2) is 4.79 Å². The number of aromatic carboxylic acids is 1. The molecular weight excluding hydrogens is 464 g/mol. The Hall–Kier alpha value is -4.10. The summed E-state index contributed by atoms with van der Waals surface area (Å²) in [4.78, 5) is 18.0. The van der Waals surface area contributed by atoms with Gasteiger partial charge in [-0.15, -0.1) is 0 Å². The van der Waals surface area contributed by atoms with Crippen LogP contribution in [0.3, 0.4) is 0 Å². The molecule has 1 aliphatic rings. The number of carboxylic acids is 1. The van der Waals surface area contributed by atoms with E-state index >= 15 is 0 Å². The van der Waals surface area contributed by atoms with Gasteiger partial charge in [0.25, 0.3) is 0 Å². The van der Waals surface area contributed by atoms with Crippen molar-refractivity contribution in [2.24, 2.45) is 0 Å². The monoisotopic (exact) mass is 494 g/mol. The summed E-state index contributed by atoms with van der Waals surface area (Å²) in [6, 6.07) is 19.8. The van der Waals surface area contributed by atoms with Crippen molar-refractivity contribution < 1.29 is 14.6 Å². The lowest BCUT2D eigenvalue weighted by atomic mass is 9.88. The highest BCUT2D eigenvalue weighted by atomic mass is 16.5. The van der Waals surface area contributed by atoms with E-state index in [1.165, 1.54) is 0 Å². The van der Waals surface area contributed by atoms with E-state index < -0.39 is 5.97 Å². The van der Waals surface area contributed by atoms with E-state index in [1.54, 1.807) is 19.2 Å². The summed E-state index contributed by atoms with van der Waals surface area (Å²) in [5.74, 6) is -0.0428. The third kappa shape index (κ3) is 4.15. The lowest BCUT2D eigenvalue weighted by Crippen LogP contribution is -2.38. The SMILES string of the molecule is COc1cc(C)c2[nH]ccc2c1CN1CC[C@H](n2cc3ccccc3n2)C[C@H]1c1ccccc1C(=O)O. The van der Waals surface area contributed by atoms with E-state index in [0.717, 1.165) is 63.6 Å². The number of rotatable bonds is 6. The first kappa shape index (κ1) is 23.3. The molecule has 0 unspecified atom stereocenters. The number of aromatic nitrogens is 3. The summed E-state index contributed by atoms with van der Waals surface area (Å²) in [5, 5.41) is 17.1. The summed E-state index contributed by atoms with van der Waals surface area (Å²) < 4.78 is 7.90. The maximum atomic E-state index is 12.2. The predicted molar refractivity (Wildman–Crippen MR) is 144 cm³/mol. The van der Waals surface area contributed by atoms with Gasteiger partial charge in [0.05, 0.1) is 24.2 Å². The number of H-pyrrole nitrogens is 1. The molecule has 5 aromatic rings. The number of hydrogen-bond donors (Lipinski definition) is 2. The molecule has 0 amide bonds. The summed E-state index contributed by atoms with van der Waals surface area (Å²) in [7, 11) is 1.71. The van der Waals surface area contributed by atoms with E-state index in [4.69, 9.17) is 9.84 Å². The summed E-state index contributed by atoms with van der Waals surface area (Å²) >= 11 is 0. The summed E-state index contributed by atoms with van der Waals surface area (Å²) in [5.41, 5.74) is 5.53. The second-order valence-electron chi connectivity index (χ2n) is 9.87. The normalized spacial score (nSPS) is 18.4. The molecule has 1 saturated heterocycles. The molecule has 6 rings (SSSR count). The molecule has 0 bridgehead atoms. The first-order valence-corrected chi connectivity index (χ1v) is 12.7. The number of fused-ring (bicyclic) bond motifs is 2. The van der Waals surface area contributed by atoms with Crippen LogP contribution in [-0.4, -0.2) is 44.4 Å². The Balaban J connectivity index is 1.41. The van der Waals surface area contributed by atoms with Crippen LogP contribution in [0.1, 0.15) is 52.0 Å². The van der Waals surface area contributed by atoms with Gasteiger partial charge in [-0.2, -0.15) is 5.10 Å². The highest BCUT2D eigenvalue weighted by Gasteiger charge is 2.34. The van der Waals surface area contributed by atoms with Crippen molar-refractivity contribution in [3.8, 4) is 5.75 Å². The van der Waals surface area contributed by atoms with Crippen LogP contribution in [0.4, 0.5) is 0 Å². The smallest absolute Gasteiger partial charge is 0.336 e. The highest BCUT2D eigenvalue weighted by molar-refractivity contribution is 5.90. The fraction of sp³-hybridized carbons (Fsp3) is 0.267. The van der Waals surface area contributed by atoms with Crippen LogP contribution in [0.25, 0.3) is 21.8 Å². The number of nitrogens with zero attached hydrogens (tertiary/aromatic N) is 3. The number of aromatic amines is 1. The average molecular weight is 495 g/mol. The number of likely N-dealkylation sites (tertiary alicyclic amines) is 1. The lowest BCUT2D eigenvalue weighted by Gasteiger charge is -2.40. The van der Waals surface area contributed by atoms with Crippen molar-refractivity contribution in [1.82, 2.24) is 19.7 Å². The fourth-order valence-corrected chi connectivity index (χ4v) is 5.89. The van der Waals surface area contributed by atoms with Crippen molar-refractivity contribution in [3.05, 3.63) is 95.3 Å². The maximum Gasteiger partial charge on any atom is 0.336 e. The molecular formula is C30H30N4O3. The van der Waals surface area contributed by atoms with Gasteiger partial charge in [-0.3, -0.25) is 9.58 Å².